The van der Waals surface area contributed by atoms with E-state index in [-0.39, 0.29) is 0 Å². The molecular formula is C10H17NO8. The smallest absolute Gasteiger partial charge is 0.329 e. The molecule has 1 saturated heterocycles. The fourth-order valence-corrected chi connectivity index (χ4v) is 1.77. The maximum atomic E-state index is 11.0. The van der Waals surface area contributed by atoms with Crippen molar-refractivity contribution in [2.75, 3.05) is 13.2 Å². The van der Waals surface area contributed by atoms with Crippen LogP contribution in [0.15, 0.2) is 0 Å². The van der Waals surface area contributed by atoms with E-state index in [9.17, 15) is 19.8 Å². The summed E-state index contributed by atoms with van der Waals surface area (Å²) >= 11 is 0. The average Bonchev–Trinajstić information content (AvgIpc) is 2.33. The number of nitrogens with one attached hydrogen (secondary N) is 1. The average molecular weight is 279 g/mol. The zero-order valence-electron chi connectivity index (χ0n) is 10.2. The van der Waals surface area contributed by atoms with Gasteiger partial charge in [-0.15, -0.1) is 0 Å². The van der Waals surface area contributed by atoms with E-state index in [1.54, 1.807) is 0 Å². The molecule has 0 saturated carbocycles. The molecular weight excluding hydrogens is 262 g/mol. The second-order valence-electron chi connectivity index (χ2n) is 4.14. The first kappa shape index (κ1) is 15.8. The minimum atomic E-state index is -1.45. The lowest BCUT2D eigenvalue weighted by Gasteiger charge is -2.41. The van der Waals surface area contributed by atoms with Gasteiger partial charge in [-0.3, -0.25) is 4.79 Å². The number of amides is 1. The van der Waals surface area contributed by atoms with Gasteiger partial charge in [-0.2, -0.15) is 0 Å². The summed E-state index contributed by atoms with van der Waals surface area (Å²) in [4.78, 5) is 21.5. The maximum absolute atomic E-state index is 11.0. The van der Waals surface area contributed by atoms with Crippen LogP contribution in [0.5, 0.6) is 0 Å². The van der Waals surface area contributed by atoms with Crippen molar-refractivity contribution in [2.45, 2.75) is 37.6 Å². The highest BCUT2D eigenvalue weighted by molar-refractivity contribution is 5.73. The van der Waals surface area contributed by atoms with E-state index in [1.807, 2.05) is 0 Å². The molecule has 1 aliphatic rings. The Morgan fingerprint density at radius 3 is 2.42 bits per heavy atom. The lowest BCUT2D eigenvalue weighted by molar-refractivity contribution is -0.269. The minimum absolute atomic E-state index is 0.508. The molecule has 0 spiro atoms. The first-order chi connectivity index (χ1) is 8.86. The Labute approximate surface area is 108 Å². The zero-order chi connectivity index (χ0) is 14.6. The van der Waals surface area contributed by atoms with Crippen molar-refractivity contribution in [1.29, 1.82) is 0 Å². The number of ether oxygens (including phenoxy) is 2. The Morgan fingerprint density at radius 1 is 1.32 bits per heavy atom. The van der Waals surface area contributed by atoms with Crippen molar-refractivity contribution in [3.8, 4) is 0 Å². The summed E-state index contributed by atoms with van der Waals surface area (Å²) in [6, 6.07) is -1.13. The molecule has 0 aromatic rings. The topological polar surface area (TPSA) is 146 Å². The molecule has 1 amide bonds. The molecule has 0 radical (unpaired) electrons. The van der Waals surface area contributed by atoms with E-state index in [4.69, 9.17) is 19.7 Å². The summed E-state index contributed by atoms with van der Waals surface area (Å²) in [5.74, 6) is -1.77. The van der Waals surface area contributed by atoms with Crippen LogP contribution in [0.1, 0.15) is 6.92 Å². The van der Waals surface area contributed by atoms with Gasteiger partial charge in [0, 0.05) is 6.92 Å². The molecule has 1 aliphatic heterocycles. The number of hydrogen-bond acceptors (Lipinski definition) is 7. The monoisotopic (exact) mass is 279 g/mol. The molecule has 0 aromatic heterocycles. The molecule has 1 heterocycles. The summed E-state index contributed by atoms with van der Waals surface area (Å²) in [6.07, 6.45) is -5.28. The largest absolute Gasteiger partial charge is 0.480 e. The van der Waals surface area contributed by atoms with Crippen molar-refractivity contribution in [2.24, 2.45) is 0 Å². The van der Waals surface area contributed by atoms with Gasteiger partial charge in [0.05, 0.1) is 6.61 Å². The number of aliphatic hydroxyl groups excluding tert-OH is 3. The number of aliphatic carboxylic acids is 1. The van der Waals surface area contributed by atoms with Gasteiger partial charge in [-0.25, -0.2) is 4.79 Å². The molecule has 110 valence electrons. The predicted molar refractivity (Wildman–Crippen MR) is 59.0 cm³/mol. The van der Waals surface area contributed by atoms with E-state index in [2.05, 4.69) is 5.32 Å². The van der Waals surface area contributed by atoms with E-state index < -0.39 is 55.7 Å². The number of hydrogen-bond donors (Lipinski definition) is 5. The summed E-state index contributed by atoms with van der Waals surface area (Å²) in [5.41, 5.74) is 0. The van der Waals surface area contributed by atoms with Gasteiger partial charge in [0.25, 0.3) is 0 Å². The molecule has 1 fully saturated rings. The van der Waals surface area contributed by atoms with E-state index in [1.165, 1.54) is 6.92 Å². The number of carbonyl (C=O) groups excluding carboxylic acids is 1. The zero-order valence-corrected chi connectivity index (χ0v) is 10.2. The Kier molecular flexibility index (Phi) is 5.63. The van der Waals surface area contributed by atoms with Crippen molar-refractivity contribution in [3.05, 3.63) is 0 Å². The first-order valence-corrected chi connectivity index (χ1v) is 5.59. The van der Waals surface area contributed by atoms with Crippen molar-refractivity contribution in [3.63, 3.8) is 0 Å². The normalized spacial score (nSPS) is 34.8. The second kappa shape index (κ2) is 6.78. The van der Waals surface area contributed by atoms with Gasteiger partial charge in [0.15, 0.2) is 6.29 Å². The van der Waals surface area contributed by atoms with Crippen LogP contribution in [0.25, 0.3) is 0 Å². The number of carboxylic acids is 1. The molecule has 0 bridgehead atoms. The number of aliphatic hydroxyl groups is 3. The van der Waals surface area contributed by atoms with Crippen LogP contribution in [0, 0.1) is 0 Å². The fourth-order valence-electron chi connectivity index (χ4n) is 1.77. The maximum Gasteiger partial charge on any atom is 0.329 e. The van der Waals surface area contributed by atoms with Crippen LogP contribution in [-0.4, -0.2) is 76.2 Å². The van der Waals surface area contributed by atoms with Gasteiger partial charge >= 0.3 is 5.97 Å². The van der Waals surface area contributed by atoms with Crippen LogP contribution < -0.4 is 5.32 Å². The SMILES string of the molecule is CC(=O)N[C@H]1C(O)[C@H](O)C(CO)O[C@H]1OCC(=O)O. The molecule has 5 atom stereocenters. The fraction of sp³-hybridized carbons (Fsp3) is 0.800. The molecule has 5 N–H and O–H groups in total. The Morgan fingerprint density at radius 2 is 1.95 bits per heavy atom. The second-order valence-corrected chi connectivity index (χ2v) is 4.14. The van der Waals surface area contributed by atoms with E-state index in [0.29, 0.717) is 0 Å². The highest BCUT2D eigenvalue weighted by Gasteiger charge is 2.45. The third kappa shape index (κ3) is 4.11. The summed E-state index contributed by atoms with van der Waals surface area (Å²) in [6.45, 7) is -0.106. The van der Waals surface area contributed by atoms with Gasteiger partial charge in [0.1, 0.15) is 31.0 Å². The molecule has 9 nitrogen and oxygen atoms in total. The number of carboxylic acid groups (broad SMARTS) is 1. The van der Waals surface area contributed by atoms with Gasteiger partial charge in [0.2, 0.25) is 5.91 Å². The van der Waals surface area contributed by atoms with Gasteiger partial charge < -0.3 is 35.2 Å². The molecule has 0 aliphatic carbocycles. The van der Waals surface area contributed by atoms with Crippen molar-refractivity contribution in [1.82, 2.24) is 5.32 Å². The molecule has 19 heavy (non-hydrogen) atoms. The Hall–Kier alpha value is -1.26. The summed E-state index contributed by atoms with van der Waals surface area (Å²) in [5, 5.41) is 39.3. The molecule has 9 heteroatoms. The van der Waals surface area contributed by atoms with Gasteiger partial charge in [-0.1, -0.05) is 0 Å². The summed E-state index contributed by atoms with van der Waals surface area (Å²) < 4.78 is 10.0. The third-order valence-electron chi connectivity index (χ3n) is 2.62. The standard InChI is InChI=1S/C10H17NO8/c1-4(13)11-7-9(17)8(16)5(2-12)19-10(7)18-3-6(14)15/h5,7-10,12,16-17H,2-3H2,1H3,(H,11,13)(H,14,15)/t5?,7-,8+,9?,10+/m0/s1. The van der Waals surface area contributed by atoms with Crippen LogP contribution in [0.3, 0.4) is 0 Å². The first-order valence-electron chi connectivity index (χ1n) is 5.59. The van der Waals surface area contributed by atoms with Gasteiger partial charge in [-0.05, 0) is 0 Å². The molecule has 2 unspecified atom stereocenters. The summed E-state index contributed by atoms with van der Waals surface area (Å²) in [7, 11) is 0. The van der Waals surface area contributed by atoms with Crippen LogP contribution in [0.4, 0.5) is 0 Å². The Bertz CT molecular complexity index is 335. The van der Waals surface area contributed by atoms with E-state index in [0.717, 1.165) is 0 Å². The Balaban J connectivity index is 2.79. The molecule has 0 aromatic carbocycles. The van der Waals surface area contributed by atoms with Crippen LogP contribution >= 0.6 is 0 Å². The number of rotatable bonds is 5. The van der Waals surface area contributed by atoms with Crippen LogP contribution in [0.2, 0.25) is 0 Å². The highest BCUT2D eigenvalue weighted by Crippen LogP contribution is 2.22. The molecule has 1 rings (SSSR count). The quantitative estimate of drug-likeness (QED) is 0.358. The van der Waals surface area contributed by atoms with Crippen molar-refractivity contribution >= 4 is 11.9 Å². The lowest BCUT2D eigenvalue weighted by atomic mass is 9.97. The van der Waals surface area contributed by atoms with Crippen LogP contribution in [-0.2, 0) is 19.1 Å². The highest BCUT2D eigenvalue weighted by atomic mass is 16.7. The predicted octanol–water partition coefficient (Wildman–Crippen LogP) is -2.97. The van der Waals surface area contributed by atoms with E-state index >= 15 is 0 Å². The van der Waals surface area contributed by atoms with Crippen molar-refractivity contribution < 1.29 is 39.5 Å². The number of carbonyl (C=O) groups is 2. The minimum Gasteiger partial charge on any atom is -0.480 e. The third-order valence-corrected chi connectivity index (χ3v) is 2.62. The lowest BCUT2D eigenvalue weighted by Crippen LogP contribution is -2.64.